The fraction of sp³-hybridized carbons (Fsp3) is 0.0714. The average molecular weight is 1190 g/mol. The van der Waals surface area contributed by atoms with Crippen molar-refractivity contribution in [3.63, 3.8) is 0 Å². The van der Waals surface area contributed by atoms with E-state index in [1.165, 1.54) is 66.7 Å². The summed E-state index contributed by atoms with van der Waals surface area (Å²) in [6.07, 6.45) is 0. The lowest BCUT2D eigenvalue weighted by Crippen LogP contribution is -2.61. The third kappa shape index (κ3) is 7.44. The van der Waals surface area contributed by atoms with Gasteiger partial charge in [0.2, 0.25) is 0 Å². The molecule has 20 rings (SSSR count). The van der Waals surface area contributed by atoms with Crippen LogP contribution in [0, 0.1) is 0 Å². The summed E-state index contributed by atoms with van der Waals surface area (Å²) >= 11 is 0. The summed E-state index contributed by atoms with van der Waals surface area (Å²) in [5.74, 6) is 0.504. The Balaban J connectivity index is 0.767. The SMILES string of the molecule is CC(C)c1cc2c3c(c1)N(c1ccc4oc5cc(-c6cc(N7c8ccccc8B8c9ccccc9N(c9cccc%10c9oc9ccccc9%10)c9cc(C(C)C)cc7c98)c7oc8ccccc8c7c6)ccc5c4c1)c1ccccc1B3c1ccccc1N2c1ccccc1. The van der Waals surface area contributed by atoms with E-state index in [1.54, 1.807) is 0 Å². The van der Waals surface area contributed by atoms with Crippen molar-refractivity contribution in [2.24, 2.45) is 0 Å². The van der Waals surface area contributed by atoms with Crippen LogP contribution in [-0.4, -0.2) is 13.4 Å². The predicted molar refractivity (Wildman–Crippen MR) is 390 cm³/mol. The molecule has 7 nitrogen and oxygen atoms in total. The van der Waals surface area contributed by atoms with Crippen LogP contribution < -0.4 is 52.4 Å². The molecule has 0 saturated carbocycles. The molecular weight excluding hydrogens is 1130 g/mol. The first-order chi connectivity index (χ1) is 45.8. The van der Waals surface area contributed by atoms with E-state index in [-0.39, 0.29) is 19.3 Å². The number of hydrogen-bond donors (Lipinski definition) is 0. The lowest BCUT2D eigenvalue weighted by molar-refractivity contribution is 0.668. The minimum atomic E-state index is -0.0593. The number of furan rings is 3. The fourth-order valence-electron chi connectivity index (χ4n) is 16.3. The highest BCUT2D eigenvalue weighted by Gasteiger charge is 2.46. The van der Waals surface area contributed by atoms with Gasteiger partial charge in [0.25, 0.3) is 13.4 Å². The largest absolute Gasteiger partial charge is 0.456 e. The summed E-state index contributed by atoms with van der Waals surface area (Å²) in [6, 6.07) is 98.4. The number of rotatable bonds is 7. The first kappa shape index (κ1) is 52.4. The molecule has 9 heteroatoms. The lowest BCUT2D eigenvalue weighted by Gasteiger charge is -2.44. The topological polar surface area (TPSA) is 52.4 Å². The Hall–Kier alpha value is -11.4. The predicted octanol–water partition coefficient (Wildman–Crippen LogP) is 19.5. The van der Waals surface area contributed by atoms with Crippen molar-refractivity contribution in [1.29, 1.82) is 0 Å². The molecule has 0 radical (unpaired) electrons. The maximum Gasteiger partial charge on any atom is 0.252 e. The molecule has 0 fully saturated rings. The van der Waals surface area contributed by atoms with Crippen molar-refractivity contribution in [2.75, 3.05) is 19.6 Å². The summed E-state index contributed by atoms with van der Waals surface area (Å²) < 4.78 is 21.1. The van der Waals surface area contributed by atoms with Crippen LogP contribution in [0.4, 0.5) is 68.2 Å². The van der Waals surface area contributed by atoms with Gasteiger partial charge in [0.15, 0.2) is 11.2 Å². The van der Waals surface area contributed by atoms with Gasteiger partial charge in [-0.15, -0.1) is 0 Å². The monoisotopic (exact) mass is 1190 g/mol. The summed E-state index contributed by atoms with van der Waals surface area (Å²) in [5.41, 5.74) is 30.9. The van der Waals surface area contributed by atoms with Crippen LogP contribution in [0.2, 0.25) is 0 Å². The van der Waals surface area contributed by atoms with Crippen molar-refractivity contribution in [3.05, 3.63) is 278 Å². The highest BCUT2D eigenvalue weighted by Crippen LogP contribution is 2.52. The van der Waals surface area contributed by atoms with Gasteiger partial charge in [-0.1, -0.05) is 173 Å². The van der Waals surface area contributed by atoms with E-state index in [0.717, 1.165) is 122 Å². The molecule has 0 N–H and O–H groups in total. The molecule has 0 unspecified atom stereocenters. The molecule has 4 aliphatic heterocycles. The minimum absolute atomic E-state index is 0.0479. The van der Waals surface area contributed by atoms with E-state index in [1.807, 2.05) is 0 Å². The molecule has 0 spiro atoms. The molecule has 0 aliphatic carbocycles. The van der Waals surface area contributed by atoms with Crippen LogP contribution in [0.25, 0.3) is 76.9 Å². The average Bonchev–Trinajstić information content (AvgIpc) is 0.772. The standard InChI is InChI=1S/C84H58B2N4O3/c1-49(2)52-42-72-81-73(43-52)88(68-31-15-11-27-64(68)85(81)63-26-10-14-30-67(63)87(72)55-21-6-5-7-22-55)56-38-40-79-61(48-56)59-39-37-51(47-80(59)91-79)54-41-62-58-24-9-19-36-78(58)93-84(62)76(46-54)90-70-33-17-13-29-66(70)86-65-28-12-16-32-69(65)89(74-44-53(50(3)4)45-75(90)82(74)86)71-34-20-25-60-57-23-8-18-35-77(57)92-83(60)71/h5-50H,1-4H3. The first-order valence-corrected chi connectivity index (χ1v) is 32.6. The van der Waals surface area contributed by atoms with E-state index in [4.69, 9.17) is 13.3 Å². The fourth-order valence-corrected chi connectivity index (χ4v) is 16.3. The van der Waals surface area contributed by atoms with Crippen LogP contribution in [0.15, 0.2) is 280 Å². The normalized spacial score (nSPS) is 13.7. The Kier molecular flexibility index (Phi) is 11.0. The van der Waals surface area contributed by atoms with E-state index in [0.29, 0.717) is 5.92 Å². The second kappa shape index (κ2) is 19.6. The van der Waals surface area contributed by atoms with Gasteiger partial charge in [0.1, 0.15) is 22.3 Å². The molecular formula is C84H58B2N4O3. The van der Waals surface area contributed by atoms with Gasteiger partial charge < -0.3 is 32.9 Å². The Bertz CT molecular complexity index is 5860. The molecule has 3 aromatic heterocycles. The van der Waals surface area contributed by atoms with Gasteiger partial charge >= 0.3 is 0 Å². The van der Waals surface area contributed by atoms with Crippen LogP contribution in [0.3, 0.4) is 0 Å². The van der Waals surface area contributed by atoms with Crippen LogP contribution >= 0.6 is 0 Å². The van der Waals surface area contributed by atoms with Crippen molar-refractivity contribution in [3.8, 4) is 11.1 Å². The summed E-state index contributed by atoms with van der Waals surface area (Å²) in [4.78, 5) is 9.98. The summed E-state index contributed by atoms with van der Waals surface area (Å²) in [7, 11) is 0. The number of para-hydroxylation sites is 8. The molecule has 0 bridgehead atoms. The van der Waals surface area contributed by atoms with Crippen molar-refractivity contribution >= 4 is 180 Å². The maximum atomic E-state index is 7.16. The Morgan fingerprint density at radius 2 is 0.699 bits per heavy atom. The van der Waals surface area contributed by atoms with Crippen molar-refractivity contribution in [2.45, 2.75) is 39.5 Å². The smallest absolute Gasteiger partial charge is 0.252 e. The van der Waals surface area contributed by atoms with E-state index in [9.17, 15) is 0 Å². The third-order valence-electron chi connectivity index (χ3n) is 20.5. The number of benzene rings is 13. The second-order valence-electron chi connectivity index (χ2n) is 26.2. The van der Waals surface area contributed by atoms with Crippen LogP contribution in [0.1, 0.15) is 50.7 Å². The van der Waals surface area contributed by atoms with Crippen molar-refractivity contribution < 1.29 is 13.3 Å². The highest BCUT2D eigenvalue weighted by atomic mass is 16.3. The number of hydrogen-bond acceptors (Lipinski definition) is 7. The van der Waals surface area contributed by atoms with Gasteiger partial charge in [0, 0.05) is 89.2 Å². The highest BCUT2D eigenvalue weighted by molar-refractivity contribution is 7.01. The molecule has 93 heavy (non-hydrogen) atoms. The third-order valence-corrected chi connectivity index (χ3v) is 20.5. The Morgan fingerprint density at radius 1 is 0.258 bits per heavy atom. The number of fused-ring (bicyclic) bond motifs is 17. The van der Waals surface area contributed by atoms with Gasteiger partial charge in [-0.3, -0.25) is 0 Å². The second-order valence-corrected chi connectivity index (χ2v) is 26.2. The zero-order chi connectivity index (χ0) is 61.5. The molecule has 0 atom stereocenters. The zero-order valence-corrected chi connectivity index (χ0v) is 51.7. The molecule has 16 aromatic rings. The molecule has 438 valence electrons. The quantitative estimate of drug-likeness (QED) is 0.147. The summed E-state index contributed by atoms with van der Waals surface area (Å²) in [6.45, 7) is 9.21. The van der Waals surface area contributed by atoms with Crippen LogP contribution in [-0.2, 0) is 0 Å². The van der Waals surface area contributed by atoms with Gasteiger partial charge in [-0.05, 0) is 188 Å². The molecule has 0 amide bonds. The van der Waals surface area contributed by atoms with E-state index < -0.39 is 0 Å². The molecule has 7 heterocycles. The lowest BCUT2D eigenvalue weighted by atomic mass is 9.33. The number of nitrogens with zero attached hydrogens (tertiary/aromatic N) is 4. The number of anilines is 12. The van der Waals surface area contributed by atoms with Gasteiger partial charge in [0.05, 0.1) is 11.4 Å². The molecule has 0 saturated heterocycles. The van der Waals surface area contributed by atoms with Gasteiger partial charge in [-0.2, -0.15) is 0 Å². The Labute approximate surface area is 538 Å². The van der Waals surface area contributed by atoms with E-state index in [2.05, 4.69) is 314 Å². The van der Waals surface area contributed by atoms with Gasteiger partial charge in [-0.25, -0.2) is 0 Å². The molecule has 4 aliphatic rings. The molecule has 13 aromatic carbocycles. The van der Waals surface area contributed by atoms with Crippen LogP contribution in [0.5, 0.6) is 0 Å². The van der Waals surface area contributed by atoms with Crippen molar-refractivity contribution in [1.82, 2.24) is 0 Å². The minimum Gasteiger partial charge on any atom is -0.456 e. The first-order valence-electron chi connectivity index (χ1n) is 32.6. The van der Waals surface area contributed by atoms with E-state index >= 15 is 0 Å². The zero-order valence-electron chi connectivity index (χ0n) is 51.7. The maximum absolute atomic E-state index is 7.16. The summed E-state index contributed by atoms with van der Waals surface area (Å²) in [5, 5.41) is 6.45. The Morgan fingerprint density at radius 3 is 1.28 bits per heavy atom.